The lowest BCUT2D eigenvalue weighted by atomic mass is 10.00. The van der Waals surface area contributed by atoms with E-state index < -0.39 is 0 Å². The molecule has 2 heterocycles. The third kappa shape index (κ3) is 3.51. The maximum absolute atomic E-state index is 12.4. The minimum Gasteiger partial charge on any atom is -0.334 e. The Labute approximate surface area is 121 Å². The molecule has 0 aliphatic carbocycles. The van der Waals surface area contributed by atoms with Gasteiger partial charge in [0.05, 0.1) is 0 Å². The molecule has 0 saturated carbocycles. The Morgan fingerprint density at radius 1 is 1.10 bits per heavy atom. The van der Waals surface area contributed by atoms with Gasteiger partial charge >= 0.3 is 11.8 Å². The molecular weight excluding hydrogens is 254 g/mol. The van der Waals surface area contributed by atoms with Gasteiger partial charge in [-0.1, -0.05) is 6.92 Å². The van der Waals surface area contributed by atoms with E-state index in [0.29, 0.717) is 5.92 Å². The summed E-state index contributed by atoms with van der Waals surface area (Å²) in [4.78, 5) is 30.3. The van der Waals surface area contributed by atoms with Gasteiger partial charge in [-0.3, -0.25) is 9.59 Å². The molecule has 20 heavy (non-hydrogen) atoms. The van der Waals surface area contributed by atoms with E-state index in [4.69, 9.17) is 0 Å². The first-order chi connectivity index (χ1) is 9.49. The monoisotopic (exact) mass is 281 g/mol. The van der Waals surface area contributed by atoms with E-state index in [1.165, 1.54) is 0 Å². The van der Waals surface area contributed by atoms with Gasteiger partial charge in [0.2, 0.25) is 0 Å². The molecule has 2 aliphatic heterocycles. The van der Waals surface area contributed by atoms with Gasteiger partial charge in [0.15, 0.2) is 0 Å². The van der Waals surface area contributed by atoms with Gasteiger partial charge in [0.25, 0.3) is 0 Å². The van der Waals surface area contributed by atoms with Crippen molar-refractivity contribution in [2.75, 3.05) is 40.3 Å². The number of carbonyl (C=O) groups excluding carboxylic acids is 2. The Morgan fingerprint density at radius 2 is 1.75 bits per heavy atom. The van der Waals surface area contributed by atoms with Crippen LogP contribution in [0.2, 0.25) is 0 Å². The molecule has 5 nitrogen and oxygen atoms in total. The summed E-state index contributed by atoms with van der Waals surface area (Å²) in [5, 5.41) is 0. The van der Waals surface area contributed by atoms with Gasteiger partial charge in [0.1, 0.15) is 0 Å². The van der Waals surface area contributed by atoms with Crippen LogP contribution in [0.3, 0.4) is 0 Å². The minimum absolute atomic E-state index is 0.213. The maximum Gasteiger partial charge on any atom is 0.312 e. The van der Waals surface area contributed by atoms with Gasteiger partial charge < -0.3 is 14.7 Å². The summed E-state index contributed by atoms with van der Waals surface area (Å²) in [6.07, 6.45) is 4.09. The van der Waals surface area contributed by atoms with Crippen molar-refractivity contribution in [3.05, 3.63) is 0 Å². The van der Waals surface area contributed by atoms with E-state index >= 15 is 0 Å². The first-order valence-corrected chi connectivity index (χ1v) is 7.73. The summed E-state index contributed by atoms with van der Waals surface area (Å²) < 4.78 is 0. The van der Waals surface area contributed by atoms with E-state index in [0.717, 1.165) is 51.9 Å². The third-order valence-corrected chi connectivity index (χ3v) is 4.68. The van der Waals surface area contributed by atoms with Crippen LogP contribution in [-0.4, -0.2) is 72.8 Å². The molecule has 5 heteroatoms. The molecule has 2 amide bonds. The molecule has 1 atom stereocenters. The summed E-state index contributed by atoms with van der Waals surface area (Å²) in [6, 6.07) is 0.213. The number of likely N-dealkylation sites (N-methyl/N-ethyl adjacent to an activating group) is 1. The van der Waals surface area contributed by atoms with Crippen LogP contribution in [0.4, 0.5) is 0 Å². The van der Waals surface area contributed by atoms with Crippen LogP contribution in [-0.2, 0) is 9.59 Å². The smallest absolute Gasteiger partial charge is 0.312 e. The summed E-state index contributed by atoms with van der Waals surface area (Å²) in [7, 11) is 3.88. The molecule has 2 aliphatic rings. The molecule has 2 fully saturated rings. The van der Waals surface area contributed by atoms with E-state index in [1.54, 1.807) is 16.8 Å². The molecule has 0 spiro atoms. The lowest BCUT2D eigenvalue weighted by molar-refractivity contribution is -0.153. The van der Waals surface area contributed by atoms with Crippen LogP contribution in [0.15, 0.2) is 0 Å². The number of hydrogen-bond donors (Lipinski definition) is 0. The molecule has 0 N–H and O–H groups in total. The summed E-state index contributed by atoms with van der Waals surface area (Å²) in [5.41, 5.74) is 0. The number of amides is 2. The van der Waals surface area contributed by atoms with Crippen molar-refractivity contribution >= 4 is 11.8 Å². The fraction of sp³-hybridized carbons (Fsp3) is 0.867. The van der Waals surface area contributed by atoms with Crippen LogP contribution in [0.1, 0.15) is 32.6 Å². The van der Waals surface area contributed by atoms with E-state index in [2.05, 4.69) is 18.9 Å². The fourth-order valence-electron chi connectivity index (χ4n) is 3.21. The highest BCUT2D eigenvalue weighted by atomic mass is 16.2. The highest BCUT2D eigenvalue weighted by Gasteiger charge is 2.32. The van der Waals surface area contributed by atoms with Crippen LogP contribution in [0.5, 0.6) is 0 Å². The number of carbonyl (C=O) groups is 2. The molecule has 1 unspecified atom stereocenters. The minimum atomic E-state index is -0.325. The van der Waals surface area contributed by atoms with E-state index in [9.17, 15) is 9.59 Å². The second kappa shape index (κ2) is 6.57. The van der Waals surface area contributed by atoms with Gasteiger partial charge in [-0.25, -0.2) is 0 Å². The zero-order valence-electron chi connectivity index (χ0n) is 13.0. The Bertz CT molecular complexity index is 364. The van der Waals surface area contributed by atoms with E-state index in [-0.39, 0.29) is 17.9 Å². The van der Waals surface area contributed by atoms with Gasteiger partial charge in [-0.2, -0.15) is 0 Å². The van der Waals surface area contributed by atoms with Crippen LogP contribution in [0.25, 0.3) is 0 Å². The highest BCUT2D eigenvalue weighted by molar-refractivity contribution is 6.34. The number of piperidine rings is 2. The molecule has 114 valence electrons. The van der Waals surface area contributed by atoms with Crippen molar-refractivity contribution in [3.63, 3.8) is 0 Å². The Kier molecular flexibility index (Phi) is 5.02. The second-order valence-corrected chi connectivity index (χ2v) is 6.45. The largest absolute Gasteiger partial charge is 0.334 e. The number of nitrogens with zero attached hydrogens (tertiary/aromatic N) is 3. The molecule has 0 bridgehead atoms. The van der Waals surface area contributed by atoms with Crippen molar-refractivity contribution in [1.29, 1.82) is 0 Å². The zero-order chi connectivity index (χ0) is 14.7. The number of hydrogen-bond acceptors (Lipinski definition) is 3. The van der Waals surface area contributed by atoms with Crippen molar-refractivity contribution in [1.82, 2.24) is 14.7 Å². The quantitative estimate of drug-likeness (QED) is 0.668. The van der Waals surface area contributed by atoms with Crippen molar-refractivity contribution < 1.29 is 9.59 Å². The van der Waals surface area contributed by atoms with Gasteiger partial charge in [-0.05, 0) is 51.7 Å². The summed E-state index contributed by atoms with van der Waals surface area (Å²) in [6.45, 7) is 5.60. The lowest BCUT2D eigenvalue weighted by Crippen LogP contribution is -2.51. The van der Waals surface area contributed by atoms with Crippen LogP contribution in [0, 0.1) is 5.92 Å². The molecule has 2 rings (SSSR count). The average Bonchev–Trinajstić information content (AvgIpc) is 2.46. The van der Waals surface area contributed by atoms with Crippen LogP contribution >= 0.6 is 0 Å². The maximum atomic E-state index is 12.4. The van der Waals surface area contributed by atoms with Gasteiger partial charge in [0, 0.05) is 26.2 Å². The summed E-state index contributed by atoms with van der Waals surface area (Å²) >= 11 is 0. The first-order valence-electron chi connectivity index (χ1n) is 7.73. The molecule has 0 radical (unpaired) electrons. The molecule has 0 aromatic rings. The molecule has 2 saturated heterocycles. The van der Waals surface area contributed by atoms with Gasteiger partial charge in [-0.15, -0.1) is 0 Å². The Morgan fingerprint density at radius 3 is 2.35 bits per heavy atom. The topological polar surface area (TPSA) is 43.9 Å². The van der Waals surface area contributed by atoms with Crippen molar-refractivity contribution in [2.45, 2.75) is 38.6 Å². The number of rotatable bonds is 1. The third-order valence-electron chi connectivity index (χ3n) is 4.68. The predicted octanol–water partition coefficient (Wildman–Crippen LogP) is 0.798. The van der Waals surface area contributed by atoms with Crippen molar-refractivity contribution in [2.24, 2.45) is 5.92 Å². The average molecular weight is 281 g/mol. The predicted molar refractivity (Wildman–Crippen MR) is 78.3 cm³/mol. The number of likely N-dealkylation sites (tertiary alicyclic amines) is 2. The lowest BCUT2D eigenvalue weighted by Gasteiger charge is -2.36. The normalized spacial score (nSPS) is 25.6. The fourth-order valence-corrected chi connectivity index (χ4v) is 3.21. The SMILES string of the molecule is CC1CCCN(C(=O)C(=O)N(C)C2CCN(C)CC2)C1. The zero-order valence-corrected chi connectivity index (χ0v) is 13.0. The van der Waals surface area contributed by atoms with E-state index in [1.807, 2.05) is 0 Å². The van der Waals surface area contributed by atoms with Crippen LogP contribution < -0.4 is 0 Å². The Hall–Kier alpha value is -1.10. The molecule has 0 aromatic heterocycles. The van der Waals surface area contributed by atoms with Crippen molar-refractivity contribution in [3.8, 4) is 0 Å². The summed E-state index contributed by atoms with van der Waals surface area (Å²) in [5.74, 6) is -0.124. The molecular formula is C15H27N3O2. The molecule has 0 aromatic carbocycles. The Balaban J connectivity index is 1.90. The second-order valence-electron chi connectivity index (χ2n) is 6.45. The highest BCUT2D eigenvalue weighted by Crippen LogP contribution is 2.18. The first kappa shape index (κ1) is 15.3. The standard InChI is InChI=1S/C15H27N3O2/c1-12-5-4-8-18(11-12)15(20)14(19)17(3)13-6-9-16(2)10-7-13/h12-13H,4-11H2,1-3H3.